The fourth-order valence-electron chi connectivity index (χ4n) is 3.16. The molecule has 0 saturated carbocycles. The van der Waals surface area contributed by atoms with Crippen LogP contribution in [0.5, 0.6) is 0 Å². The molecule has 1 unspecified atom stereocenters. The van der Waals surface area contributed by atoms with Gasteiger partial charge in [0.15, 0.2) is 0 Å². The van der Waals surface area contributed by atoms with E-state index in [9.17, 15) is 22.8 Å². The molecule has 0 radical (unpaired) electrons. The first kappa shape index (κ1) is 19.9. The van der Waals surface area contributed by atoms with Gasteiger partial charge in [-0.2, -0.15) is 13.2 Å². The lowest BCUT2D eigenvalue weighted by molar-refractivity contribution is -0.137. The van der Waals surface area contributed by atoms with Crippen molar-refractivity contribution in [3.63, 3.8) is 0 Å². The molecule has 28 heavy (non-hydrogen) atoms. The predicted molar refractivity (Wildman–Crippen MR) is 98.0 cm³/mol. The van der Waals surface area contributed by atoms with E-state index in [2.05, 4.69) is 5.32 Å². The zero-order chi connectivity index (χ0) is 20.3. The molecule has 0 bridgehead atoms. The van der Waals surface area contributed by atoms with Crippen LogP contribution in [0.1, 0.15) is 28.7 Å². The van der Waals surface area contributed by atoms with Gasteiger partial charge in [0.05, 0.1) is 11.5 Å². The third-order valence-electron chi connectivity index (χ3n) is 4.83. The topological polar surface area (TPSA) is 49.4 Å². The summed E-state index contributed by atoms with van der Waals surface area (Å²) in [6.45, 7) is 2.91. The van der Waals surface area contributed by atoms with Crippen LogP contribution in [0.3, 0.4) is 0 Å². The van der Waals surface area contributed by atoms with E-state index in [0.29, 0.717) is 18.7 Å². The molecule has 1 atom stereocenters. The number of carbonyl (C=O) groups excluding carboxylic acids is 2. The predicted octanol–water partition coefficient (Wildman–Crippen LogP) is 3.68. The van der Waals surface area contributed by atoms with E-state index in [1.54, 1.807) is 4.90 Å². The van der Waals surface area contributed by atoms with Crippen molar-refractivity contribution < 1.29 is 22.8 Å². The molecular formula is C21H21F3N2O2. The van der Waals surface area contributed by atoms with Gasteiger partial charge in [0.1, 0.15) is 0 Å². The highest BCUT2D eigenvalue weighted by atomic mass is 19.4. The summed E-state index contributed by atoms with van der Waals surface area (Å²) in [5.41, 5.74) is 1.99. The monoisotopic (exact) mass is 390 g/mol. The molecule has 1 saturated heterocycles. The Morgan fingerprint density at radius 2 is 1.68 bits per heavy atom. The van der Waals surface area contributed by atoms with Crippen LogP contribution in [-0.4, -0.2) is 23.3 Å². The van der Waals surface area contributed by atoms with Gasteiger partial charge in [-0.25, -0.2) is 0 Å². The second-order valence-electron chi connectivity index (χ2n) is 7.07. The second kappa shape index (κ2) is 8.04. The summed E-state index contributed by atoms with van der Waals surface area (Å²) in [5, 5.41) is 2.71. The summed E-state index contributed by atoms with van der Waals surface area (Å²) in [5.74, 6) is -0.790. The number of amides is 2. The molecule has 2 amide bonds. The van der Waals surface area contributed by atoms with Crippen LogP contribution in [0.15, 0.2) is 48.5 Å². The molecule has 0 aliphatic carbocycles. The van der Waals surface area contributed by atoms with E-state index >= 15 is 0 Å². The van der Waals surface area contributed by atoms with Gasteiger partial charge in [-0.1, -0.05) is 42.0 Å². The maximum atomic E-state index is 12.6. The number of aryl methyl sites for hydroxylation is 1. The molecule has 1 aliphatic rings. The van der Waals surface area contributed by atoms with Crippen molar-refractivity contribution in [3.8, 4) is 0 Å². The average Bonchev–Trinajstić information content (AvgIpc) is 3.02. The van der Waals surface area contributed by atoms with Gasteiger partial charge in [-0.05, 0) is 30.2 Å². The summed E-state index contributed by atoms with van der Waals surface area (Å²) in [6.07, 6.45) is -4.24. The molecule has 7 heteroatoms. The highest BCUT2D eigenvalue weighted by Gasteiger charge is 2.34. The van der Waals surface area contributed by atoms with Crippen molar-refractivity contribution in [2.75, 3.05) is 6.54 Å². The average molecular weight is 390 g/mol. The minimum absolute atomic E-state index is 0.0738. The summed E-state index contributed by atoms with van der Waals surface area (Å²) in [7, 11) is 0. The number of nitrogens with zero attached hydrogens (tertiary/aromatic N) is 1. The Kier molecular flexibility index (Phi) is 5.72. The van der Waals surface area contributed by atoms with E-state index in [-0.39, 0.29) is 24.8 Å². The zero-order valence-electron chi connectivity index (χ0n) is 15.4. The molecule has 148 valence electrons. The van der Waals surface area contributed by atoms with E-state index in [1.165, 1.54) is 12.1 Å². The molecule has 1 fully saturated rings. The summed E-state index contributed by atoms with van der Waals surface area (Å²) in [4.78, 5) is 26.2. The molecule has 3 rings (SSSR count). The molecule has 1 heterocycles. The lowest BCUT2D eigenvalue weighted by Gasteiger charge is -2.17. The largest absolute Gasteiger partial charge is 0.416 e. The number of carbonyl (C=O) groups is 2. The van der Waals surface area contributed by atoms with Gasteiger partial charge in [0.2, 0.25) is 11.8 Å². The molecule has 1 aliphatic heterocycles. The highest BCUT2D eigenvalue weighted by Crippen LogP contribution is 2.29. The van der Waals surface area contributed by atoms with Crippen LogP contribution in [-0.2, 0) is 28.9 Å². The Morgan fingerprint density at radius 1 is 1.07 bits per heavy atom. The number of alkyl halides is 3. The maximum Gasteiger partial charge on any atom is 0.416 e. The lowest BCUT2D eigenvalue weighted by Crippen LogP contribution is -2.32. The summed E-state index contributed by atoms with van der Waals surface area (Å²) in [6, 6.07) is 12.5. The third-order valence-corrected chi connectivity index (χ3v) is 4.83. The van der Waals surface area contributed by atoms with E-state index in [4.69, 9.17) is 0 Å². The van der Waals surface area contributed by atoms with Crippen molar-refractivity contribution in [3.05, 3.63) is 70.8 Å². The molecule has 1 N–H and O–H groups in total. The first-order valence-corrected chi connectivity index (χ1v) is 8.99. The third kappa shape index (κ3) is 4.91. The van der Waals surface area contributed by atoms with E-state index in [1.807, 2.05) is 31.2 Å². The Hall–Kier alpha value is -2.83. The fraction of sp³-hybridized carbons (Fsp3) is 0.333. The van der Waals surface area contributed by atoms with Crippen molar-refractivity contribution in [1.82, 2.24) is 10.2 Å². The van der Waals surface area contributed by atoms with Crippen LogP contribution in [0.25, 0.3) is 0 Å². The van der Waals surface area contributed by atoms with Crippen LogP contribution < -0.4 is 5.32 Å². The number of likely N-dealkylation sites (tertiary alicyclic amines) is 1. The molecule has 2 aromatic carbocycles. The second-order valence-corrected chi connectivity index (χ2v) is 7.07. The van der Waals surface area contributed by atoms with Gasteiger partial charge in [-0.15, -0.1) is 0 Å². The normalized spacial score (nSPS) is 17.1. The number of nitrogens with one attached hydrogen (secondary N) is 1. The first-order chi connectivity index (χ1) is 13.2. The smallest absolute Gasteiger partial charge is 0.352 e. The Morgan fingerprint density at radius 3 is 2.29 bits per heavy atom. The Bertz CT molecular complexity index is 845. The van der Waals surface area contributed by atoms with Crippen LogP contribution >= 0.6 is 0 Å². The quantitative estimate of drug-likeness (QED) is 0.847. The number of hydrogen-bond acceptors (Lipinski definition) is 2. The summed E-state index contributed by atoms with van der Waals surface area (Å²) >= 11 is 0. The SMILES string of the molecule is Cc1ccc(CN2CC(C(=O)NCc3ccc(C(F)(F)F)cc3)CC2=O)cc1. The highest BCUT2D eigenvalue weighted by molar-refractivity contribution is 5.89. The number of benzene rings is 2. The minimum Gasteiger partial charge on any atom is -0.352 e. The number of hydrogen-bond donors (Lipinski definition) is 1. The van der Waals surface area contributed by atoms with Gasteiger partial charge >= 0.3 is 6.18 Å². The molecule has 0 aromatic heterocycles. The molecule has 2 aromatic rings. The minimum atomic E-state index is -4.38. The van der Waals surface area contributed by atoms with Crippen molar-refractivity contribution in [2.45, 2.75) is 32.6 Å². The fourth-order valence-corrected chi connectivity index (χ4v) is 3.16. The Labute approximate surface area is 161 Å². The van der Waals surface area contributed by atoms with Crippen LogP contribution in [0, 0.1) is 12.8 Å². The Balaban J connectivity index is 1.52. The standard InChI is InChI=1S/C21H21F3N2O2/c1-14-2-4-16(5-3-14)12-26-13-17(10-19(26)27)20(28)25-11-15-6-8-18(9-7-15)21(22,23)24/h2-9,17H,10-13H2,1H3,(H,25,28). The zero-order valence-corrected chi connectivity index (χ0v) is 15.4. The van der Waals surface area contributed by atoms with Crippen LogP contribution in [0.4, 0.5) is 13.2 Å². The van der Waals surface area contributed by atoms with Gasteiger partial charge < -0.3 is 10.2 Å². The molecule has 4 nitrogen and oxygen atoms in total. The molecule has 0 spiro atoms. The lowest BCUT2D eigenvalue weighted by atomic mass is 10.1. The van der Waals surface area contributed by atoms with Crippen LogP contribution in [0.2, 0.25) is 0 Å². The number of rotatable bonds is 5. The van der Waals surface area contributed by atoms with Gasteiger partial charge in [-0.3, -0.25) is 9.59 Å². The van der Waals surface area contributed by atoms with E-state index < -0.39 is 17.7 Å². The van der Waals surface area contributed by atoms with Crippen molar-refractivity contribution in [1.29, 1.82) is 0 Å². The van der Waals surface area contributed by atoms with Gasteiger partial charge in [0, 0.05) is 26.1 Å². The summed E-state index contributed by atoms with van der Waals surface area (Å²) < 4.78 is 37.7. The van der Waals surface area contributed by atoms with Crippen molar-refractivity contribution in [2.24, 2.45) is 5.92 Å². The van der Waals surface area contributed by atoms with Gasteiger partial charge in [0.25, 0.3) is 0 Å². The molecular weight excluding hydrogens is 369 g/mol. The van der Waals surface area contributed by atoms with Crippen molar-refractivity contribution >= 4 is 11.8 Å². The first-order valence-electron chi connectivity index (χ1n) is 8.99. The van der Waals surface area contributed by atoms with E-state index in [0.717, 1.165) is 23.3 Å². The maximum absolute atomic E-state index is 12.6. The number of halogens is 3.